The fraction of sp³-hybridized carbons (Fsp3) is 0.200. The average Bonchev–Trinajstić information content (AvgIpc) is 3.17. The van der Waals surface area contributed by atoms with Gasteiger partial charge in [0.15, 0.2) is 5.65 Å². The van der Waals surface area contributed by atoms with Crippen LogP contribution in [0.25, 0.3) is 22.1 Å². The van der Waals surface area contributed by atoms with E-state index in [4.69, 9.17) is 25.8 Å². The summed E-state index contributed by atoms with van der Waals surface area (Å²) in [5.74, 6) is 1.59. The average molecular weight is 460 g/mol. The lowest BCUT2D eigenvalue weighted by Gasteiger charge is -2.11. The minimum absolute atomic E-state index is 0.0812. The third-order valence-corrected chi connectivity index (χ3v) is 5.65. The highest BCUT2D eigenvalue weighted by molar-refractivity contribution is 7.99. The normalized spacial score (nSPS) is 11.0. The van der Waals surface area contributed by atoms with E-state index in [0.717, 1.165) is 11.8 Å². The van der Waals surface area contributed by atoms with Crippen molar-refractivity contribution in [3.05, 3.63) is 35.4 Å². The van der Waals surface area contributed by atoms with Crippen LogP contribution in [0.15, 0.2) is 35.5 Å². The summed E-state index contributed by atoms with van der Waals surface area (Å²) in [6.45, 7) is 0. The Labute approximate surface area is 186 Å². The first kappa shape index (κ1) is 21.0. The van der Waals surface area contributed by atoms with E-state index in [9.17, 15) is 4.79 Å². The molecule has 9 nitrogen and oxygen atoms in total. The van der Waals surface area contributed by atoms with Gasteiger partial charge < -0.3 is 24.5 Å². The van der Waals surface area contributed by atoms with Crippen molar-refractivity contribution >= 4 is 57.0 Å². The number of H-pyrrole nitrogens is 1. The van der Waals surface area contributed by atoms with Crippen LogP contribution in [0.2, 0.25) is 5.02 Å². The summed E-state index contributed by atoms with van der Waals surface area (Å²) in [5.41, 5.74) is 2.25. The van der Waals surface area contributed by atoms with Crippen LogP contribution in [-0.4, -0.2) is 53.2 Å². The van der Waals surface area contributed by atoms with Crippen molar-refractivity contribution in [1.29, 1.82) is 0 Å². The number of hydrogen-bond donors (Lipinski definition) is 2. The molecule has 4 rings (SSSR count). The molecule has 11 heteroatoms. The third kappa shape index (κ3) is 4.17. The van der Waals surface area contributed by atoms with Crippen LogP contribution in [-0.2, 0) is 4.79 Å². The predicted octanol–water partition coefficient (Wildman–Crippen LogP) is 3.92. The number of methoxy groups -OCH3 is 3. The molecule has 0 fully saturated rings. The monoisotopic (exact) mass is 459 g/mol. The third-order valence-electron chi connectivity index (χ3n) is 4.50. The summed E-state index contributed by atoms with van der Waals surface area (Å²) >= 11 is 7.48. The summed E-state index contributed by atoms with van der Waals surface area (Å²) in [7, 11) is 4.66. The Balaban J connectivity index is 1.52. The van der Waals surface area contributed by atoms with Crippen LogP contribution in [0.1, 0.15) is 0 Å². The summed E-state index contributed by atoms with van der Waals surface area (Å²) in [5, 5.41) is 12.7. The molecular weight excluding hydrogens is 442 g/mol. The minimum Gasteiger partial charge on any atom is -0.497 e. The zero-order valence-corrected chi connectivity index (χ0v) is 18.4. The number of nitrogens with one attached hydrogen (secondary N) is 2. The maximum absolute atomic E-state index is 12.4. The van der Waals surface area contributed by atoms with Crippen molar-refractivity contribution in [2.24, 2.45) is 0 Å². The van der Waals surface area contributed by atoms with E-state index in [1.807, 2.05) is 0 Å². The van der Waals surface area contributed by atoms with Gasteiger partial charge in [-0.05, 0) is 24.3 Å². The molecule has 0 aliphatic heterocycles. The van der Waals surface area contributed by atoms with Crippen LogP contribution in [0.3, 0.4) is 0 Å². The number of aromatic amines is 1. The molecule has 0 aliphatic rings. The van der Waals surface area contributed by atoms with Crippen molar-refractivity contribution in [3.8, 4) is 17.2 Å². The first-order chi connectivity index (χ1) is 15.0. The van der Waals surface area contributed by atoms with Crippen LogP contribution in [0, 0.1) is 0 Å². The lowest BCUT2D eigenvalue weighted by Crippen LogP contribution is -2.15. The number of rotatable bonds is 7. The Morgan fingerprint density at radius 3 is 2.61 bits per heavy atom. The van der Waals surface area contributed by atoms with Gasteiger partial charge in [-0.2, -0.15) is 0 Å². The van der Waals surface area contributed by atoms with Gasteiger partial charge in [-0.25, -0.2) is 4.98 Å². The van der Waals surface area contributed by atoms with Crippen molar-refractivity contribution in [2.75, 3.05) is 32.4 Å². The zero-order valence-electron chi connectivity index (χ0n) is 16.9. The van der Waals surface area contributed by atoms with Crippen molar-refractivity contribution in [1.82, 2.24) is 20.2 Å². The number of carbonyl (C=O) groups is 1. The number of anilines is 1. The van der Waals surface area contributed by atoms with Gasteiger partial charge in [0.25, 0.3) is 0 Å². The molecule has 0 aliphatic carbocycles. The van der Waals surface area contributed by atoms with Crippen LogP contribution >= 0.6 is 23.4 Å². The number of nitrogens with zero attached hydrogens (tertiary/aromatic N) is 3. The highest BCUT2D eigenvalue weighted by Gasteiger charge is 2.16. The van der Waals surface area contributed by atoms with Gasteiger partial charge in [0.1, 0.15) is 22.8 Å². The highest BCUT2D eigenvalue weighted by Crippen LogP contribution is 2.35. The van der Waals surface area contributed by atoms with Crippen molar-refractivity contribution in [3.63, 3.8) is 0 Å². The minimum atomic E-state index is -0.249. The quantitative estimate of drug-likeness (QED) is 0.400. The smallest absolute Gasteiger partial charge is 0.234 e. The van der Waals surface area contributed by atoms with Crippen molar-refractivity contribution in [2.45, 2.75) is 5.16 Å². The molecule has 2 heterocycles. The van der Waals surface area contributed by atoms with Gasteiger partial charge in [-0.15, -0.1) is 10.2 Å². The van der Waals surface area contributed by atoms with E-state index in [1.165, 1.54) is 7.11 Å². The Morgan fingerprint density at radius 2 is 1.87 bits per heavy atom. The van der Waals surface area contributed by atoms with E-state index >= 15 is 0 Å². The molecular formula is C20H18ClN5O4S. The second kappa shape index (κ2) is 8.86. The predicted molar refractivity (Wildman–Crippen MR) is 120 cm³/mol. The van der Waals surface area contributed by atoms with Crippen molar-refractivity contribution < 1.29 is 19.0 Å². The molecule has 0 atom stereocenters. The van der Waals surface area contributed by atoms with E-state index in [0.29, 0.717) is 55.2 Å². The maximum Gasteiger partial charge on any atom is 0.234 e. The Kier molecular flexibility index (Phi) is 6.01. The molecule has 0 unspecified atom stereocenters. The van der Waals surface area contributed by atoms with E-state index < -0.39 is 0 Å². The number of thioether (sulfide) groups is 1. The SMILES string of the molecule is COc1ccc(OC)c(NC(=O)CSc2nnc3c(n2)[nH]c2c(OC)ccc(Cl)c23)c1. The van der Waals surface area contributed by atoms with Gasteiger partial charge in [-0.1, -0.05) is 23.4 Å². The number of hydrogen-bond acceptors (Lipinski definition) is 8. The first-order valence-corrected chi connectivity index (χ1v) is 10.4. The summed E-state index contributed by atoms with van der Waals surface area (Å²) < 4.78 is 15.8. The van der Waals surface area contributed by atoms with Crippen LogP contribution in [0.5, 0.6) is 17.2 Å². The van der Waals surface area contributed by atoms with Crippen LogP contribution in [0.4, 0.5) is 5.69 Å². The number of halogens is 1. The molecule has 4 aromatic rings. The van der Waals surface area contributed by atoms with Crippen LogP contribution < -0.4 is 19.5 Å². The standard InChI is InChI=1S/C20H18ClN5O4S/c1-28-10-4-6-13(29-2)12(8-10)22-15(27)9-31-20-24-19-18(25-26-20)16-11(21)5-7-14(30-3)17(16)23-19/h4-8H,9H2,1-3H3,(H,22,27)(H,23,24,26). The van der Waals surface area contributed by atoms with Gasteiger partial charge >= 0.3 is 0 Å². The molecule has 0 bridgehead atoms. The molecule has 2 aromatic heterocycles. The van der Waals surface area contributed by atoms with E-state index in [-0.39, 0.29) is 11.7 Å². The largest absolute Gasteiger partial charge is 0.497 e. The molecule has 160 valence electrons. The van der Waals surface area contributed by atoms with Gasteiger partial charge in [0, 0.05) is 6.07 Å². The topological polar surface area (TPSA) is 111 Å². The summed E-state index contributed by atoms with van der Waals surface area (Å²) in [6, 6.07) is 8.66. The van der Waals surface area contributed by atoms with E-state index in [2.05, 4.69) is 25.5 Å². The fourth-order valence-corrected chi connectivity index (χ4v) is 3.89. The number of amides is 1. The molecule has 0 saturated heterocycles. The molecule has 0 saturated carbocycles. The summed E-state index contributed by atoms with van der Waals surface area (Å²) in [4.78, 5) is 20.1. The molecule has 1 amide bonds. The molecule has 0 radical (unpaired) electrons. The zero-order chi connectivity index (χ0) is 22.0. The number of carbonyl (C=O) groups excluding carboxylic acids is 1. The van der Waals surface area contributed by atoms with E-state index in [1.54, 1.807) is 44.6 Å². The molecule has 2 aromatic carbocycles. The van der Waals surface area contributed by atoms with Gasteiger partial charge in [-0.3, -0.25) is 4.79 Å². The first-order valence-electron chi connectivity index (χ1n) is 9.07. The Morgan fingerprint density at radius 1 is 1.10 bits per heavy atom. The highest BCUT2D eigenvalue weighted by atomic mass is 35.5. The molecule has 2 N–H and O–H groups in total. The fourth-order valence-electron chi connectivity index (χ4n) is 3.06. The Bertz CT molecular complexity index is 1280. The second-order valence-corrected chi connectivity index (χ2v) is 7.67. The number of fused-ring (bicyclic) bond motifs is 3. The second-order valence-electron chi connectivity index (χ2n) is 6.32. The molecule has 31 heavy (non-hydrogen) atoms. The lowest BCUT2D eigenvalue weighted by atomic mass is 10.2. The van der Waals surface area contributed by atoms with Gasteiger partial charge in [0.05, 0.1) is 48.7 Å². The number of aromatic nitrogens is 4. The Hall–Kier alpha value is -3.24. The molecule has 0 spiro atoms. The maximum atomic E-state index is 12.4. The number of benzene rings is 2. The lowest BCUT2D eigenvalue weighted by molar-refractivity contribution is -0.113. The summed E-state index contributed by atoms with van der Waals surface area (Å²) in [6.07, 6.45) is 0. The number of ether oxygens (including phenoxy) is 3. The van der Waals surface area contributed by atoms with Gasteiger partial charge in [0.2, 0.25) is 11.1 Å².